The number of benzene rings is 5. The molecule has 0 heterocycles. The van der Waals surface area contributed by atoms with Gasteiger partial charge >= 0.3 is 0 Å². The molecule has 1 unspecified atom stereocenters. The number of halogens is 1. The van der Waals surface area contributed by atoms with E-state index >= 15 is 0 Å². The summed E-state index contributed by atoms with van der Waals surface area (Å²) < 4.78 is 0.942. The van der Waals surface area contributed by atoms with E-state index in [4.69, 9.17) is 0 Å². The van der Waals surface area contributed by atoms with Crippen molar-refractivity contribution >= 4 is 28.1 Å². The average Bonchev–Trinajstić information content (AvgIpc) is 3.09. The van der Waals surface area contributed by atoms with Crippen molar-refractivity contribution in [3.05, 3.63) is 153 Å². The summed E-state index contributed by atoms with van der Waals surface area (Å²) in [5, 5.41) is 13.0. The number of rotatable bonds is 2. The second kappa shape index (κ2) is 8.39. The maximum absolute atomic E-state index is 13.0. The summed E-state index contributed by atoms with van der Waals surface area (Å²) >= 11 is 3.67. The van der Waals surface area contributed by atoms with E-state index in [2.05, 4.69) is 127 Å². The van der Waals surface area contributed by atoms with Crippen LogP contribution in [-0.4, -0.2) is 5.11 Å². The van der Waals surface area contributed by atoms with Gasteiger partial charge in [0.1, 0.15) is 5.60 Å². The van der Waals surface area contributed by atoms with Crippen molar-refractivity contribution in [3.8, 4) is 22.3 Å². The largest absolute Gasteiger partial charge is 0.376 e. The molecule has 0 saturated carbocycles. The highest BCUT2D eigenvalue weighted by Crippen LogP contribution is 2.51. The zero-order valence-corrected chi connectivity index (χ0v) is 23.0. The lowest BCUT2D eigenvalue weighted by Gasteiger charge is -2.34. The first-order valence-electron chi connectivity index (χ1n) is 13.0. The van der Waals surface area contributed by atoms with Crippen LogP contribution < -0.4 is 0 Å². The molecule has 0 amide bonds. The van der Waals surface area contributed by atoms with Gasteiger partial charge in [-0.1, -0.05) is 133 Å². The normalized spacial score (nSPS) is 18.2. The Labute approximate surface area is 232 Å². The monoisotopic (exact) mass is 554 g/mol. The van der Waals surface area contributed by atoms with Crippen molar-refractivity contribution in [1.29, 1.82) is 0 Å². The molecule has 0 spiro atoms. The number of hydrogen-bond acceptors (Lipinski definition) is 1. The summed E-state index contributed by atoms with van der Waals surface area (Å²) in [5.74, 6) is 0. The Morgan fingerprint density at radius 1 is 0.526 bits per heavy atom. The first kappa shape index (κ1) is 23.4. The van der Waals surface area contributed by atoms with E-state index in [0.29, 0.717) is 0 Å². The summed E-state index contributed by atoms with van der Waals surface area (Å²) in [6, 6.07) is 38.2. The Hall–Kier alpha value is -3.72. The number of fused-ring (bicyclic) bond motifs is 5. The molecular weight excluding hydrogens is 528 g/mol. The fourth-order valence-corrected chi connectivity index (χ4v) is 6.86. The van der Waals surface area contributed by atoms with Crippen LogP contribution in [0.15, 0.2) is 114 Å². The molecule has 0 aliphatic heterocycles. The van der Waals surface area contributed by atoms with Crippen LogP contribution in [-0.2, 0) is 11.0 Å². The van der Waals surface area contributed by atoms with Crippen LogP contribution in [0.3, 0.4) is 0 Å². The van der Waals surface area contributed by atoms with Crippen LogP contribution in [0.2, 0.25) is 0 Å². The Kier molecular flexibility index (Phi) is 5.17. The van der Waals surface area contributed by atoms with Gasteiger partial charge < -0.3 is 5.11 Å². The van der Waals surface area contributed by atoms with Crippen LogP contribution in [0.25, 0.3) is 34.4 Å². The lowest BCUT2D eigenvalue weighted by molar-refractivity contribution is 0.126. The van der Waals surface area contributed by atoms with E-state index in [-0.39, 0.29) is 5.41 Å². The van der Waals surface area contributed by atoms with E-state index in [0.717, 1.165) is 43.4 Å². The lowest BCUT2D eigenvalue weighted by Crippen LogP contribution is -2.31. The minimum absolute atomic E-state index is 0.0932. The van der Waals surface area contributed by atoms with E-state index < -0.39 is 5.60 Å². The first-order valence-corrected chi connectivity index (χ1v) is 13.8. The summed E-state index contributed by atoms with van der Waals surface area (Å²) in [7, 11) is 0. The highest BCUT2D eigenvalue weighted by atomic mass is 79.9. The molecule has 1 nitrogen and oxygen atoms in total. The van der Waals surface area contributed by atoms with Crippen LogP contribution in [0.1, 0.15) is 52.8 Å². The third kappa shape index (κ3) is 3.27. The molecule has 38 heavy (non-hydrogen) atoms. The van der Waals surface area contributed by atoms with E-state index in [1.165, 1.54) is 22.3 Å². The van der Waals surface area contributed by atoms with Gasteiger partial charge in [-0.25, -0.2) is 0 Å². The first-order chi connectivity index (χ1) is 18.4. The maximum Gasteiger partial charge on any atom is 0.142 e. The summed E-state index contributed by atoms with van der Waals surface area (Å²) in [5.41, 5.74) is 10.7. The average molecular weight is 556 g/mol. The van der Waals surface area contributed by atoms with Crippen molar-refractivity contribution < 1.29 is 5.11 Å². The lowest BCUT2D eigenvalue weighted by atomic mass is 9.75. The van der Waals surface area contributed by atoms with Crippen molar-refractivity contribution in [2.75, 3.05) is 0 Å². The Balaban J connectivity index is 1.49. The molecule has 0 bridgehead atoms. The van der Waals surface area contributed by atoms with Crippen molar-refractivity contribution in [2.45, 2.75) is 24.9 Å². The summed E-state index contributed by atoms with van der Waals surface area (Å²) in [6.45, 7) is 4.61. The van der Waals surface area contributed by atoms with Gasteiger partial charge in [0.15, 0.2) is 0 Å². The smallest absolute Gasteiger partial charge is 0.142 e. The highest BCUT2D eigenvalue weighted by molar-refractivity contribution is 9.10. The molecule has 2 aliphatic carbocycles. The SMILES string of the molecule is CC1(C)c2ccccc2-c2ccc(-c3ccccc3C3(O)c4ccccc4C=Cc4ccc(Br)cc43)cc21. The second-order valence-corrected chi connectivity index (χ2v) is 11.8. The predicted octanol–water partition coefficient (Wildman–Crippen LogP) is 9.19. The number of hydrogen-bond donors (Lipinski definition) is 1. The molecule has 5 aromatic carbocycles. The third-order valence-corrected chi connectivity index (χ3v) is 8.90. The molecule has 7 rings (SSSR count). The van der Waals surface area contributed by atoms with Crippen LogP contribution in [0, 0.1) is 0 Å². The van der Waals surface area contributed by atoms with Gasteiger partial charge in [-0.05, 0) is 68.3 Å². The Morgan fingerprint density at radius 3 is 1.92 bits per heavy atom. The molecule has 1 N–H and O–H groups in total. The van der Waals surface area contributed by atoms with Crippen LogP contribution in [0.5, 0.6) is 0 Å². The molecular formula is C36H27BrO. The molecule has 0 saturated heterocycles. The molecule has 184 valence electrons. The van der Waals surface area contributed by atoms with E-state index in [9.17, 15) is 5.11 Å². The topological polar surface area (TPSA) is 20.2 Å². The molecule has 0 fully saturated rings. The predicted molar refractivity (Wildman–Crippen MR) is 161 cm³/mol. The number of aliphatic hydroxyl groups is 1. The molecule has 5 aromatic rings. The van der Waals surface area contributed by atoms with Gasteiger partial charge in [0.25, 0.3) is 0 Å². The van der Waals surface area contributed by atoms with Gasteiger partial charge in [-0.3, -0.25) is 0 Å². The fourth-order valence-electron chi connectivity index (χ4n) is 6.50. The highest BCUT2D eigenvalue weighted by Gasteiger charge is 2.40. The molecule has 0 aromatic heterocycles. The summed E-state index contributed by atoms with van der Waals surface area (Å²) in [6.07, 6.45) is 4.22. The van der Waals surface area contributed by atoms with Gasteiger partial charge in [-0.2, -0.15) is 0 Å². The standard InChI is InChI=1S/C36H27BrO/c1-35(2)31-13-7-5-11-28(31)29-20-18-25(21-34(29)35)27-10-4-8-14-32(27)36(38)30-12-6-3-9-23(30)15-16-24-17-19-26(37)22-33(24)36/h3-22,38H,1-2H3. The van der Waals surface area contributed by atoms with Gasteiger partial charge in [0.05, 0.1) is 0 Å². The van der Waals surface area contributed by atoms with Crippen molar-refractivity contribution in [2.24, 2.45) is 0 Å². The maximum atomic E-state index is 13.0. The van der Waals surface area contributed by atoms with Gasteiger partial charge in [0.2, 0.25) is 0 Å². The zero-order valence-electron chi connectivity index (χ0n) is 21.4. The van der Waals surface area contributed by atoms with Gasteiger partial charge in [0, 0.05) is 21.0 Å². The molecule has 0 radical (unpaired) electrons. The van der Waals surface area contributed by atoms with Gasteiger partial charge in [-0.15, -0.1) is 0 Å². The Morgan fingerprint density at radius 2 is 1.13 bits per heavy atom. The minimum Gasteiger partial charge on any atom is -0.376 e. The minimum atomic E-state index is -1.34. The van der Waals surface area contributed by atoms with Crippen LogP contribution >= 0.6 is 15.9 Å². The van der Waals surface area contributed by atoms with Crippen LogP contribution in [0.4, 0.5) is 0 Å². The van der Waals surface area contributed by atoms with Crippen molar-refractivity contribution in [3.63, 3.8) is 0 Å². The molecule has 2 aliphatic rings. The Bertz CT molecular complexity index is 1780. The molecule has 2 heteroatoms. The zero-order chi connectivity index (χ0) is 26.1. The second-order valence-electron chi connectivity index (χ2n) is 10.8. The quantitative estimate of drug-likeness (QED) is 0.230. The molecule has 1 atom stereocenters. The fraction of sp³-hybridized carbons (Fsp3) is 0.111. The van der Waals surface area contributed by atoms with E-state index in [1.807, 2.05) is 24.3 Å². The third-order valence-electron chi connectivity index (χ3n) is 8.41. The van der Waals surface area contributed by atoms with E-state index in [1.54, 1.807) is 0 Å². The van der Waals surface area contributed by atoms with Crippen molar-refractivity contribution in [1.82, 2.24) is 0 Å². The summed E-state index contributed by atoms with van der Waals surface area (Å²) in [4.78, 5) is 0.